The molecule has 7 heteroatoms. The predicted molar refractivity (Wildman–Crippen MR) is 139 cm³/mol. The van der Waals surface area contributed by atoms with Crippen molar-refractivity contribution in [2.75, 3.05) is 17.3 Å². The highest BCUT2D eigenvalue weighted by atomic mass is 32.2. The highest BCUT2D eigenvalue weighted by Crippen LogP contribution is 2.43. The molecule has 35 heavy (non-hydrogen) atoms. The van der Waals surface area contributed by atoms with Gasteiger partial charge in [0.2, 0.25) is 5.91 Å². The van der Waals surface area contributed by atoms with Gasteiger partial charge in [-0.2, -0.15) is 5.26 Å². The van der Waals surface area contributed by atoms with Gasteiger partial charge in [-0.25, -0.2) is 0 Å². The maximum Gasteiger partial charge on any atom is 0.269 e. The number of nitriles is 1. The Morgan fingerprint density at radius 2 is 1.83 bits per heavy atom. The van der Waals surface area contributed by atoms with Crippen LogP contribution in [-0.2, 0) is 16.0 Å². The zero-order valence-corrected chi connectivity index (χ0v) is 20.6. The maximum atomic E-state index is 13.7. The van der Waals surface area contributed by atoms with Crippen LogP contribution in [0.1, 0.15) is 16.7 Å². The van der Waals surface area contributed by atoms with E-state index < -0.39 is 11.2 Å². The number of hydrogen-bond donors (Lipinski definition) is 1. The maximum absolute atomic E-state index is 13.7. The minimum atomic E-state index is -0.549. The summed E-state index contributed by atoms with van der Waals surface area (Å²) in [4.78, 5) is 28.4. The average Bonchev–Trinajstić information content (AvgIpc) is 3.16. The molecule has 1 fully saturated rings. The summed E-state index contributed by atoms with van der Waals surface area (Å²) in [6.45, 7) is 3.86. The summed E-state index contributed by atoms with van der Waals surface area (Å²) in [6, 6.07) is 24.4. The van der Waals surface area contributed by atoms with E-state index in [1.54, 1.807) is 19.2 Å². The van der Waals surface area contributed by atoms with Gasteiger partial charge in [0, 0.05) is 5.69 Å². The van der Waals surface area contributed by atoms with Crippen LogP contribution in [0.2, 0.25) is 0 Å². The first-order valence-corrected chi connectivity index (χ1v) is 12.0. The van der Waals surface area contributed by atoms with Crippen molar-refractivity contribution in [3.8, 4) is 11.8 Å². The number of nitrogens with one attached hydrogen (secondary N) is 1. The van der Waals surface area contributed by atoms with Crippen molar-refractivity contribution in [2.45, 2.75) is 25.5 Å². The van der Waals surface area contributed by atoms with Crippen molar-refractivity contribution in [1.29, 1.82) is 5.26 Å². The first-order chi connectivity index (χ1) is 16.9. The fraction of sp³-hybridized carbons (Fsp3) is 0.179. The van der Waals surface area contributed by atoms with E-state index in [9.17, 15) is 14.9 Å². The molecule has 1 N–H and O–H groups in total. The van der Waals surface area contributed by atoms with Crippen LogP contribution in [0, 0.1) is 25.2 Å². The molecule has 4 rings (SSSR count). The molecule has 1 aliphatic rings. The summed E-state index contributed by atoms with van der Waals surface area (Å²) in [5, 5.41) is 12.6. The van der Waals surface area contributed by atoms with Crippen LogP contribution in [0.15, 0.2) is 83.4 Å². The number of carbonyl (C=O) groups is 2. The Kier molecular flexibility index (Phi) is 7.23. The van der Waals surface area contributed by atoms with E-state index in [0.717, 1.165) is 16.7 Å². The fourth-order valence-corrected chi connectivity index (χ4v) is 5.17. The first-order valence-electron chi connectivity index (χ1n) is 11.1. The molecular formula is C28H25N3O3S. The number of anilines is 2. The number of hydrogen-bond acceptors (Lipinski definition) is 5. The van der Waals surface area contributed by atoms with Gasteiger partial charge >= 0.3 is 0 Å². The second kappa shape index (κ2) is 10.5. The number of nitrogens with zero attached hydrogens (tertiary/aromatic N) is 2. The number of amides is 2. The van der Waals surface area contributed by atoms with E-state index in [2.05, 4.69) is 11.4 Å². The molecule has 3 aromatic rings. The van der Waals surface area contributed by atoms with Crippen LogP contribution in [0.5, 0.6) is 5.75 Å². The van der Waals surface area contributed by atoms with Gasteiger partial charge in [0.05, 0.1) is 18.0 Å². The number of thioether (sulfide) groups is 1. The van der Waals surface area contributed by atoms with Gasteiger partial charge in [0.25, 0.3) is 5.91 Å². The Labute approximate surface area is 209 Å². The van der Waals surface area contributed by atoms with Crippen molar-refractivity contribution in [3.05, 3.63) is 100 Å². The molecule has 0 bridgehead atoms. The Balaban J connectivity index is 1.73. The first kappa shape index (κ1) is 24.1. The van der Waals surface area contributed by atoms with E-state index in [0.29, 0.717) is 28.6 Å². The number of aryl methyl sites for hydroxylation is 2. The zero-order chi connectivity index (χ0) is 24.9. The molecule has 6 nitrogen and oxygen atoms in total. The van der Waals surface area contributed by atoms with Gasteiger partial charge in [-0.05, 0) is 61.7 Å². The van der Waals surface area contributed by atoms with Gasteiger partial charge in [-0.15, -0.1) is 0 Å². The third-order valence-corrected chi connectivity index (χ3v) is 6.99. The van der Waals surface area contributed by atoms with Gasteiger partial charge < -0.3 is 10.1 Å². The number of para-hydroxylation sites is 1. The van der Waals surface area contributed by atoms with E-state index in [1.165, 1.54) is 16.7 Å². The predicted octanol–water partition coefficient (Wildman–Crippen LogP) is 5.38. The number of benzene rings is 3. The Morgan fingerprint density at radius 1 is 1.09 bits per heavy atom. The summed E-state index contributed by atoms with van der Waals surface area (Å²) in [5.41, 5.74) is 4.01. The van der Waals surface area contributed by atoms with E-state index in [1.807, 2.05) is 74.5 Å². The van der Waals surface area contributed by atoms with Crippen molar-refractivity contribution < 1.29 is 14.3 Å². The Hall–Kier alpha value is -4.02. The molecule has 176 valence electrons. The molecule has 3 aromatic carbocycles. The largest absolute Gasteiger partial charge is 0.497 e. The smallest absolute Gasteiger partial charge is 0.269 e. The summed E-state index contributed by atoms with van der Waals surface area (Å²) in [6.07, 6.45) is 0.435. The molecule has 1 saturated heterocycles. The SMILES string of the molecule is COc1cccc(C[C@H]2S/C(=C(/C#N)C(=O)Nc3ccc(C)cc3)N(c3ccccc3C)C2=O)c1. The lowest BCUT2D eigenvalue weighted by atomic mass is 10.1. The van der Waals surface area contributed by atoms with Crippen molar-refractivity contribution in [2.24, 2.45) is 0 Å². The van der Waals surface area contributed by atoms with Gasteiger partial charge in [-0.1, -0.05) is 59.8 Å². The molecule has 0 spiro atoms. The fourth-order valence-electron chi connectivity index (χ4n) is 3.86. The molecule has 0 unspecified atom stereocenters. The topological polar surface area (TPSA) is 82.4 Å². The van der Waals surface area contributed by atoms with E-state index in [4.69, 9.17) is 4.74 Å². The van der Waals surface area contributed by atoms with Crippen LogP contribution in [0.3, 0.4) is 0 Å². The normalized spacial score (nSPS) is 16.6. The third-order valence-electron chi connectivity index (χ3n) is 5.73. The molecule has 2 amide bonds. The van der Waals surface area contributed by atoms with E-state index in [-0.39, 0.29) is 11.5 Å². The molecule has 1 aliphatic heterocycles. The zero-order valence-electron chi connectivity index (χ0n) is 19.7. The highest BCUT2D eigenvalue weighted by molar-refractivity contribution is 8.05. The highest BCUT2D eigenvalue weighted by Gasteiger charge is 2.41. The van der Waals surface area contributed by atoms with E-state index >= 15 is 0 Å². The lowest BCUT2D eigenvalue weighted by molar-refractivity contribution is -0.117. The molecule has 0 aromatic heterocycles. The quantitative estimate of drug-likeness (QED) is 0.376. The minimum Gasteiger partial charge on any atom is -0.497 e. The van der Waals surface area contributed by atoms with Crippen LogP contribution in [-0.4, -0.2) is 24.2 Å². The van der Waals surface area contributed by atoms with Crippen LogP contribution in [0.4, 0.5) is 11.4 Å². The molecule has 0 aliphatic carbocycles. The molecule has 0 radical (unpaired) electrons. The van der Waals surface area contributed by atoms with Crippen molar-refractivity contribution in [1.82, 2.24) is 0 Å². The molecule has 1 heterocycles. The molecule has 1 atom stereocenters. The second-order valence-electron chi connectivity index (χ2n) is 8.23. The molecule has 0 saturated carbocycles. The summed E-state index contributed by atoms with van der Waals surface area (Å²) in [7, 11) is 1.60. The lowest BCUT2D eigenvalue weighted by Gasteiger charge is -2.20. The van der Waals surface area contributed by atoms with Gasteiger partial charge in [0.1, 0.15) is 22.4 Å². The summed E-state index contributed by atoms with van der Waals surface area (Å²) in [5.74, 6) is -0.00932. The number of methoxy groups -OCH3 is 1. The van der Waals surface area contributed by atoms with Crippen LogP contribution in [0.25, 0.3) is 0 Å². The standard InChI is InChI=1S/C28H25N3O3S/c1-18-11-13-21(14-12-18)30-26(32)23(17-29)28-31(24-10-5-4-7-19(24)2)27(33)25(35-28)16-20-8-6-9-22(15-20)34-3/h4-15,25H,16H2,1-3H3,(H,30,32)/b28-23-/t25-/m1/s1. The van der Waals surface area contributed by atoms with Crippen LogP contribution < -0.4 is 15.0 Å². The number of carbonyl (C=O) groups excluding carboxylic acids is 2. The number of ether oxygens (including phenoxy) is 1. The minimum absolute atomic E-state index is 0.0969. The lowest BCUT2D eigenvalue weighted by Crippen LogP contribution is -2.31. The monoisotopic (exact) mass is 483 g/mol. The van der Waals surface area contributed by atoms with Crippen molar-refractivity contribution in [3.63, 3.8) is 0 Å². The van der Waals surface area contributed by atoms with Crippen LogP contribution >= 0.6 is 11.8 Å². The van der Waals surface area contributed by atoms with Crippen molar-refractivity contribution >= 4 is 35.0 Å². The summed E-state index contributed by atoms with van der Waals surface area (Å²) < 4.78 is 5.32. The summed E-state index contributed by atoms with van der Waals surface area (Å²) >= 11 is 1.24. The Morgan fingerprint density at radius 3 is 2.51 bits per heavy atom. The third kappa shape index (κ3) is 5.23. The molecular weight excluding hydrogens is 458 g/mol. The van der Waals surface area contributed by atoms with Gasteiger partial charge in [-0.3, -0.25) is 14.5 Å². The second-order valence-corrected chi connectivity index (χ2v) is 9.43. The number of rotatable bonds is 6. The van der Waals surface area contributed by atoms with Gasteiger partial charge in [0.15, 0.2) is 0 Å². The average molecular weight is 484 g/mol. The Bertz CT molecular complexity index is 1340.